The highest BCUT2D eigenvalue weighted by Crippen LogP contribution is 2.48. The molecule has 2 aromatic rings. The summed E-state index contributed by atoms with van der Waals surface area (Å²) in [5.41, 5.74) is -2.77. The van der Waals surface area contributed by atoms with Crippen molar-refractivity contribution >= 4 is 11.6 Å². The molecule has 6 nitrogen and oxygen atoms in total. The minimum Gasteiger partial charge on any atom is -0.381 e. The number of carbonyl (C=O) groups is 1. The van der Waals surface area contributed by atoms with Crippen molar-refractivity contribution in [3.63, 3.8) is 0 Å². The minimum absolute atomic E-state index is 0.0321. The van der Waals surface area contributed by atoms with E-state index in [0.717, 1.165) is 42.8 Å². The molecule has 0 bridgehead atoms. The predicted molar refractivity (Wildman–Crippen MR) is 137 cm³/mol. The van der Waals surface area contributed by atoms with Gasteiger partial charge < -0.3 is 15.2 Å². The molecule has 1 saturated heterocycles. The Morgan fingerprint density at radius 3 is 2.26 bits per heavy atom. The zero-order valence-electron chi connectivity index (χ0n) is 22.0. The Morgan fingerprint density at radius 2 is 1.69 bits per heavy atom. The molecule has 3 fully saturated rings. The minimum atomic E-state index is -3.02. The van der Waals surface area contributed by atoms with Gasteiger partial charge in [-0.25, -0.2) is 22.0 Å². The van der Waals surface area contributed by atoms with Gasteiger partial charge in [-0.1, -0.05) is 18.2 Å². The quantitative estimate of drug-likeness (QED) is 0.398. The maximum atomic E-state index is 14.7. The summed E-state index contributed by atoms with van der Waals surface area (Å²) in [5.74, 6) is -1.84. The zero-order valence-corrected chi connectivity index (χ0v) is 22.0. The number of pyridine rings is 1. The van der Waals surface area contributed by atoms with Gasteiger partial charge in [-0.3, -0.25) is 14.5 Å². The molecule has 1 atom stereocenters. The molecular formula is C28H33F5N4O2. The molecule has 3 aliphatic rings. The van der Waals surface area contributed by atoms with Crippen molar-refractivity contribution in [2.45, 2.75) is 88.4 Å². The van der Waals surface area contributed by atoms with E-state index in [1.54, 1.807) is 0 Å². The number of aromatic nitrogens is 1. The van der Waals surface area contributed by atoms with Crippen molar-refractivity contribution in [2.75, 3.05) is 18.4 Å². The van der Waals surface area contributed by atoms with Gasteiger partial charge in [0.25, 0.3) is 24.3 Å². The first-order valence-corrected chi connectivity index (χ1v) is 13.4. The van der Waals surface area contributed by atoms with Crippen LogP contribution >= 0.6 is 0 Å². The number of hydrogen-bond donors (Lipinski definition) is 2. The van der Waals surface area contributed by atoms with Crippen molar-refractivity contribution < 1.29 is 26.7 Å². The van der Waals surface area contributed by atoms with Crippen LogP contribution in [0.5, 0.6) is 0 Å². The van der Waals surface area contributed by atoms with Crippen LogP contribution in [0.3, 0.4) is 0 Å². The molecular weight excluding hydrogens is 519 g/mol. The lowest BCUT2D eigenvalue weighted by Gasteiger charge is -2.37. The Balaban J connectivity index is 1.42. The predicted octanol–water partition coefficient (Wildman–Crippen LogP) is 5.60. The zero-order chi connectivity index (χ0) is 28.1. The van der Waals surface area contributed by atoms with Gasteiger partial charge in [-0.2, -0.15) is 0 Å². The van der Waals surface area contributed by atoms with E-state index in [4.69, 9.17) is 0 Å². The molecule has 212 valence electrons. The number of alkyl halides is 4. The molecule has 1 aliphatic heterocycles. The number of likely N-dealkylation sites (tertiary alicyclic amines) is 1. The summed E-state index contributed by atoms with van der Waals surface area (Å²) in [4.78, 5) is 28.9. The van der Waals surface area contributed by atoms with Crippen LogP contribution in [0.25, 0.3) is 0 Å². The molecule has 0 radical (unpaired) electrons. The largest absolute Gasteiger partial charge is 0.381 e. The van der Waals surface area contributed by atoms with Crippen molar-refractivity contribution in [3.05, 3.63) is 63.3 Å². The van der Waals surface area contributed by atoms with E-state index in [1.807, 2.05) is 0 Å². The molecule has 2 aliphatic carbocycles. The summed E-state index contributed by atoms with van der Waals surface area (Å²) >= 11 is 0. The van der Waals surface area contributed by atoms with Crippen LogP contribution in [0.15, 0.2) is 35.3 Å². The Bertz CT molecular complexity index is 1300. The van der Waals surface area contributed by atoms with E-state index in [-0.39, 0.29) is 41.2 Å². The first kappa shape index (κ1) is 27.6. The molecule has 1 amide bonds. The van der Waals surface area contributed by atoms with Crippen LogP contribution in [0.4, 0.5) is 27.6 Å². The number of benzene rings is 1. The molecule has 5 rings (SSSR count). The second-order valence-electron chi connectivity index (χ2n) is 11.4. The number of rotatable bonds is 9. The SMILES string of the molecule is CC(NC(=O)c1cn(C2(C(F)F)CC2)c(=O)cc1NC1CCN(C2(C)CC2)CC1)c1cccc(C(F)F)c1F. The van der Waals surface area contributed by atoms with Crippen molar-refractivity contribution in [2.24, 2.45) is 0 Å². The van der Waals surface area contributed by atoms with E-state index >= 15 is 0 Å². The Labute approximate surface area is 223 Å². The lowest BCUT2D eigenvalue weighted by molar-refractivity contribution is 0.0648. The standard InChI is InChI=1S/C28H33F5N4O2/c1-16(18-4-3-5-19(23(18)29)24(30)31)34-25(39)20-15-37(28(10-11-28)26(32)33)22(38)14-21(20)35-17-6-12-36(13-7-17)27(2)8-9-27/h3-5,14-17,24,26,35H,6-13H2,1-2H3,(H,34,39). The Kier molecular flexibility index (Phi) is 7.24. The second-order valence-corrected chi connectivity index (χ2v) is 11.4. The number of carbonyl (C=O) groups excluding carboxylic acids is 1. The topological polar surface area (TPSA) is 66.4 Å². The molecule has 11 heteroatoms. The molecule has 2 saturated carbocycles. The van der Waals surface area contributed by atoms with E-state index in [0.29, 0.717) is 0 Å². The van der Waals surface area contributed by atoms with Crippen molar-refractivity contribution in [3.8, 4) is 0 Å². The number of nitrogens with zero attached hydrogens (tertiary/aromatic N) is 2. The number of anilines is 1. The maximum absolute atomic E-state index is 14.7. The van der Waals surface area contributed by atoms with E-state index in [2.05, 4.69) is 22.5 Å². The molecule has 1 aromatic heterocycles. The molecule has 2 heterocycles. The molecule has 1 aromatic carbocycles. The number of halogens is 5. The average Bonchev–Trinajstić information content (AvgIpc) is 3.81. The third-order valence-corrected chi connectivity index (χ3v) is 8.65. The summed E-state index contributed by atoms with van der Waals surface area (Å²) in [5, 5.41) is 5.88. The number of amides is 1. The van der Waals surface area contributed by atoms with E-state index in [9.17, 15) is 31.5 Å². The summed E-state index contributed by atoms with van der Waals surface area (Å²) in [6.07, 6.45) is -0.552. The highest BCUT2D eigenvalue weighted by Gasteiger charge is 2.53. The van der Waals surface area contributed by atoms with Gasteiger partial charge >= 0.3 is 0 Å². The lowest BCUT2D eigenvalue weighted by Crippen LogP contribution is -2.45. The van der Waals surface area contributed by atoms with Gasteiger partial charge in [-0.05, 0) is 52.4 Å². The molecule has 2 N–H and O–H groups in total. The fourth-order valence-corrected chi connectivity index (χ4v) is 5.58. The van der Waals surface area contributed by atoms with Crippen LogP contribution < -0.4 is 16.2 Å². The molecule has 0 spiro atoms. The molecule has 1 unspecified atom stereocenters. The van der Waals surface area contributed by atoms with Gasteiger partial charge in [0.15, 0.2) is 0 Å². The van der Waals surface area contributed by atoms with E-state index < -0.39 is 47.3 Å². The van der Waals surface area contributed by atoms with Crippen LogP contribution in [-0.2, 0) is 5.54 Å². The number of hydrogen-bond acceptors (Lipinski definition) is 4. The Hall–Kier alpha value is -2.95. The lowest BCUT2D eigenvalue weighted by atomic mass is 10.0. The van der Waals surface area contributed by atoms with Crippen LogP contribution in [-0.4, -0.2) is 46.5 Å². The highest BCUT2D eigenvalue weighted by atomic mass is 19.3. The summed E-state index contributed by atoms with van der Waals surface area (Å²) in [6.45, 7) is 5.40. The van der Waals surface area contributed by atoms with Gasteiger partial charge in [0, 0.05) is 42.5 Å². The van der Waals surface area contributed by atoms with Gasteiger partial charge in [0.05, 0.1) is 22.9 Å². The normalized spacial score (nSPS) is 21.2. The smallest absolute Gasteiger partial charge is 0.266 e. The van der Waals surface area contributed by atoms with Gasteiger partial charge in [-0.15, -0.1) is 0 Å². The maximum Gasteiger partial charge on any atom is 0.266 e. The fraction of sp³-hybridized carbons (Fsp3) is 0.571. The number of piperidine rings is 1. The fourth-order valence-electron chi connectivity index (χ4n) is 5.58. The average molecular weight is 553 g/mol. The van der Waals surface area contributed by atoms with Crippen LogP contribution in [0.2, 0.25) is 0 Å². The first-order valence-electron chi connectivity index (χ1n) is 13.4. The third-order valence-electron chi connectivity index (χ3n) is 8.65. The van der Waals surface area contributed by atoms with E-state index in [1.165, 1.54) is 38.0 Å². The van der Waals surface area contributed by atoms with Crippen molar-refractivity contribution in [1.29, 1.82) is 0 Å². The summed E-state index contributed by atoms with van der Waals surface area (Å²) in [6, 6.07) is 3.70. The van der Waals surface area contributed by atoms with Crippen LogP contribution in [0.1, 0.15) is 86.3 Å². The highest BCUT2D eigenvalue weighted by molar-refractivity contribution is 5.99. The Morgan fingerprint density at radius 1 is 1.05 bits per heavy atom. The van der Waals surface area contributed by atoms with Gasteiger partial charge in [0.1, 0.15) is 11.4 Å². The summed E-state index contributed by atoms with van der Waals surface area (Å²) < 4.78 is 69.8. The van der Waals surface area contributed by atoms with Crippen molar-refractivity contribution in [1.82, 2.24) is 14.8 Å². The second kappa shape index (κ2) is 10.2. The third kappa shape index (κ3) is 5.29. The first-order chi connectivity index (χ1) is 18.4. The number of nitrogens with one attached hydrogen (secondary N) is 2. The van der Waals surface area contributed by atoms with Gasteiger partial charge in [0.2, 0.25) is 0 Å². The monoisotopic (exact) mass is 552 g/mol. The summed E-state index contributed by atoms with van der Waals surface area (Å²) in [7, 11) is 0. The van der Waals surface area contributed by atoms with Crippen LogP contribution in [0, 0.1) is 5.82 Å². The molecule has 39 heavy (non-hydrogen) atoms.